The van der Waals surface area contributed by atoms with Crippen molar-refractivity contribution in [3.63, 3.8) is 0 Å². The van der Waals surface area contributed by atoms with E-state index in [1.807, 2.05) is 31.3 Å². The highest BCUT2D eigenvalue weighted by Gasteiger charge is 2.00. The maximum atomic E-state index is 11.0. The van der Waals surface area contributed by atoms with Crippen molar-refractivity contribution < 1.29 is 14.3 Å². The summed E-state index contributed by atoms with van der Waals surface area (Å²) >= 11 is 0. The number of carbonyl (C=O) groups excluding carboxylic acids is 1. The fraction of sp³-hybridized carbons (Fsp3) is 0.500. The van der Waals surface area contributed by atoms with E-state index in [4.69, 9.17) is 9.47 Å². The van der Waals surface area contributed by atoms with Crippen molar-refractivity contribution in [3.05, 3.63) is 24.3 Å². The van der Waals surface area contributed by atoms with Gasteiger partial charge in [-0.25, -0.2) is 0 Å². The van der Waals surface area contributed by atoms with Crippen LogP contribution >= 0.6 is 0 Å². The molecule has 0 spiro atoms. The Balaban J connectivity index is 2.29. The highest BCUT2D eigenvalue weighted by atomic mass is 16.5. The lowest BCUT2D eigenvalue weighted by atomic mass is 10.3. The first-order chi connectivity index (χ1) is 9.26. The summed E-state index contributed by atoms with van der Waals surface area (Å²) in [6.45, 7) is 1.95. The zero-order valence-electron chi connectivity index (χ0n) is 11.6. The largest absolute Gasteiger partial charge is 0.493 e. The molecule has 106 valence electrons. The molecule has 1 aromatic carbocycles. The summed E-state index contributed by atoms with van der Waals surface area (Å²) in [6.07, 6.45) is 1.18. The van der Waals surface area contributed by atoms with Gasteiger partial charge < -0.3 is 20.1 Å². The molecule has 5 nitrogen and oxygen atoms in total. The van der Waals surface area contributed by atoms with Crippen molar-refractivity contribution in [1.82, 2.24) is 10.6 Å². The third-order valence-electron chi connectivity index (χ3n) is 2.52. The average molecular weight is 266 g/mol. The molecular weight excluding hydrogens is 244 g/mol. The Morgan fingerprint density at radius 3 is 2.47 bits per heavy atom. The molecule has 0 aliphatic carbocycles. The van der Waals surface area contributed by atoms with Crippen LogP contribution in [-0.4, -0.2) is 39.8 Å². The maximum Gasteiger partial charge on any atom is 0.219 e. The quantitative estimate of drug-likeness (QED) is 0.659. The second-order valence-corrected chi connectivity index (χ2v) is 4.05. The first kappa shape index (κ1) is 15.3. The number of carbonyl (C=O) groups is 1. The summed E-state index contributed by atoms with van der Waals surface area (Å²) in [5.74, 6) is 1.59. The minimum atomic E-state index is 0.0350. The van der Waals surface area contributed by atoms with Gasteiger partial charge in [0.2, 0.25) is 5.91 Å². The Morgan fingerprint density at radius 2 is 1.84 bits per heavy atom. The predicted octanol–water partition coefficient (Wildman–Crippen LogP) is 1.19. The SMILES string of the molecule is CNCCOc1cccc(OCCCC(=O)NC)c1. The molecule has 0 heterocycles. The molecule has 5 heteroatoms. The van der Waals surface area contributed by atoms with E-state index in [9.17, 15) is 4.79 Å². The minimum Gasteiger partial charge on any atom is -0.493 e. The summed E-state index contributed by atoms with van der Waals surface area (Å²) in [7, 11) is 3.52. The third kappa shape index (κ3) is 6.67. The number of rotatable bonds is 9. The fourth-order valence-electron chi connectivity index (χ4n) is 1.47. The molecule has 1 aromatic rings. The van der Waals surface area contributed by atoms with Crippen molar-refractivity contribution in [2.45, 2.75) is 12.8 Å². The van der Waals surface area contributed by atoms with Gasteiger partial charge >= 0.3 is 0 Å². The fourth-order valence-corrected chi connectivity index (χ4v) is 1.47. The maximum absolute atomic E-state index is 11.0. The van der Waals surface area contributed by atoms with Crippen LogP contribution in [0, 0.1) is 0 Å². The zero-order chi connectivity index (χ0) is 13.9. The van der Waals surface area contributed by atoms with Crippen LogP contribution in [0.3, 0.4) is 0 Å². The van der Waals surface area contributed by atoms with Gasteiger partial charge in [0.1, 0.15) is 18.1 Å². The lowest BCUT2D eigenvalue weighted by Gasteiger charge is -2.09. The van der Waals surface area contributed by atoms with Crippen molar-refractivity contribution in [2.75, 3.05) is 33.9 Å². The van der Waals surface area contributed by atoms with Crippen LogP contribution < -0.4 is 20.1 Å². The lowest BCUT2D eigenvalue weighted by molar-refractivity contribution is -0.120. The van der Waals surface area contributed by atoms with Crippen molar-refractivity contribution in [2.24, 2.45) is 0 Å². The van der Waals surface area contributed by atoms with Gasteiger partial charge in [0.15, 0.2) is 0 Å². The van der Waals surface area contributed by atoms with Crippen LogP contribution in [0.2, 0.25) is 0 Å². The summed E-state index contributed by atoms with van der Waals surface area (Å²) < 4.78 is 11.1. The van der Waals surface area contributed by atoms with Gasteiger partial charge in [-0.3, -0.25) is 4.79 Å². The summed E-state index contributed by atoms with van der Waals surface area (Å²) in [5, 5.41) is 5.60. The van der Waals surface area contributed by atoms with Crippen LogP contribution in [0.5, 0.6) is 11.5 Å². The first-order valence-corrected chi connectivity index (χ1v) is 6.47. The average Bonchev–Trinajstić information content (AvgIpc) is 2.44. The van der Waals surface area contributed by atoms with Crippen molar-refractivity contribution >= 4 is 5.91 Å². The van der Waals surface area contributed by atoms with E-state index in [-0.39, 0.29) is 5.91 Å². The molecule has 1 amide bonds. The molecule has 0 aliphatic rings. The first-order valence-electron chi connectivity index (χ1n) is 6.47. The standard InChI is InChI=1S/C14H22N2O3/c1-15-8-10-19-13-6-3-5-12(11-13)18-9-4-7-14(17)16-2/h3,5-6,11,15H,4,7-10H2,1-2H3,(H,16,17). The molecule has 19 heavy (non-hydrogen) atoms. The molecule has 0 bridgehead atoms. The summed E-state index contributed by atoms with van der Waals surface area (Å²) in [4.78, 5) is 11.0. The Hall–Kier alpha value is -1.75. The molecule has 0 fully saturated rings. The third-order valence-corrected chi connectivity index (χ3v) is 2.52. The highest BCUT2D eigenvalue weighted by Crippen LogP contribution is 2.19. The number of nitrogens with one attached hydrogen (secondary N) is 2. The number of ether oxygens (including phenoxy) is 2. The predicted molar refractivity (Wildman–Crippen MR) is 74.7 cm³/mol. The second kappa shape index (κ2) is 9.22. The van der Waals surface area contributed by atoms with Crippen LogP contribution in [-0.2, 0) is 4.79 Å². The van der Waals surface area contributed by atoms with E-state index in [0.717, 1.165) is 18.0 Å². The summed E-state index contributed by atoms with van der Waals surface area (Å²) in [6, 6.07) is 7.52. The number of likely N-dealkylation sites (N-methyl/N-ethyl adjacent to an activating group) is 1. The van der Waals surface area contributed by atoms with Gasteiger partial charge in [0.25, 0.3) is 0 Å². The lowest BCUT2D eigenvalue weighted by Crippen LogP contribution is -2.18. The molecule has 0 atom stereocenters. The van der Waals surface area contributed by atoms with E-state index in [1.54, 1.807) is 7.05 Å². The Labute approximate surface area is 114 Å². The normalized spacial score (nSPS) is 10.0. The monoisotopic (exact) mass is 266 g/mol. The Kier molecular flexibility index (Phi) is 7.43. The van der Waals surface area contributed by atoms with E-state index >= 15 is 0 Å². The van der Waals surface area contributed by atoms with Gasteiger partial charge in [-0.15, -0.1) is 0 Å². The van der Waals surface area contributed by atoms with Crippen molar-refractivity contribution in [3.8, 4) is 11.5 Å². The molecule has 0 aliphatic heterocycles. The molecule has 0 saturated heterocycles. The number of benzene rings is 1. The van der Waals surface area contributed by atoms with Crippen LogP contribution in [0.25, 0.3) is 0 Å². The molecule has 0 unspecified atom stereocenters. The highest BCUT2D eigenvalue weighted by molar-refractivity contribution is 5.75. The number of hydrogen-bond acceptors (Lipinski definition) is 4. The molecule has 1 rings (SSSR count). The molecule has 2 N–H and O–H groups in total. The van der Waals surface area contributed by atoms with Crippen LogP contribution in [0.15, 0.2) is 24.3 Å². The zero-order valence-corrected chi connectivity index (χ0v) is 11.6. The topological polar surface area (TPSA) is 59.6 Å². The van der Waals surface area contributed by atoms with E-state index < -0.39 is 0 Å². The number of hydrogen-bond donors (Lipinski definition) is 2. The van der Waals surface area contributed by atoms with E-state index in [1.165, 1.54) is 0 Å². The second-order valence-electron chi connectivity index (χ2n) is 4.05. The van der Waals surface area contributed by atoms with Gasteiger partial charge in [0.05, 0.1) is 6.61 Å². The summed E-state index contributed by atoms with van der Waals surface area (Å²) in [5.41, 5.74) is 0. The smallest absolute Gasteiger partial charge is 0.219 e. The molecular formula is C14H22N2O3. The van der Waals surface area contributed by atoms with Crippen molar-refractivity contribution in [1.29, 1.82) is 0 Å². The van der Waals surface area contributed by atoms with Crippen LogP contribution in [0.1, 0.15) is 12.8 Å². The van der Waals surface area contributed by atoms with E-state index in [2.05, 4.69) is 10.6 Å². The van der Waals surface area contributed by atoms with Gasteiger partial charge in [-0.05, 0) is 25.6 Å². The van der Waals surface area contributed by atoms with Gasteiger partial charge in [-0.1, -0.05) is 6.07 Å². The molecule has 0 aromatic heterocycles. The van der Waals surface area contributed by atoms with Crippen LogP contribution in [0.4, 0.5) is 0 Å². The van der Waals surface area contributed by atoms with Gasteiger partial charge in [0, 0.05) is 26.1 Å². The molecule has 0 radical (unpaired) electrons. The van der Waals surface area contributed by atoms with E-state index in [0.29, 0.717) is 26.1 Å². The number of amides is 1. The Morgan fingerprint density at radius 1 is 1.16 bits per heavy atom. The van der Waals surface area contributed by atoms with Gasteiger partial charge in [-0.2, -0.15) is 0 Å². The Bertz CT molecular complexity index is 383. The molecule has 0 saturated carbocycles. The minimum absolute atomic E-state index is 0.0350.